The van der Waals surface area contributed by atoms with Crippen LogP contribution >= 0.6 is 0 Å². The predicted octanol–water partition coefficient (Wildman–Crippen LogP) is 0.279. The second-order valence-corrected chi connectivity index (χ2v) is 4.45. The highest BCUT2D eigenvalue weighted by Crippen LogP contribution is 2.41. The molecule has 16 heavy (non-hydrogen) atoms. The number of nitrogens with zero attached hydrogens (tertiary/aromatic N) is 3. The van der Waals surface area contributed by atoms with E-state index in [0.717, 1.165) is 25.0 Å². The number of hydrogen-bond donors (Lipinski definition) is 2. The average molecular weight is 225 g/mol. The number of hydrazine groups is 1. The highest BCUT2D eigenvalue weighted by Gasteiger charge is 2.39. The molecule has 0 radical (unpaired) electrons. The zero-order valence-corrected chi connectivity index (χ0v) is 9.81. The van der Waals surface area contributed by atoms with E-state index in [1.807, 2.05) is 7.05 Å². The van der Waals surface area contributed by atoms with E-state index in [0.29, 0.717) is 0 Å². The van der Waals surface area contributed by atoms with E-state index in [4.69, 9.17) is 10.6 Å². The van der Waals surface area contributed by atoms with Gasteiger partial charge in [0.15, 0.2) is 0 Å². The van der Waals surface area contributed by atoms with E-state index < -0.39 is 0 Å². The van der Waals surface area contributed by atoms with Gasteiger partial charge in [-0.1, -0.05) is 5.21 Å². The van der Waals surface area contributed by atoms with Gasteiger partial charge in [-0.3, -0.25) is 16.0 Å². The molecule has 1 aliphatic carbocycles. The summed E-state index contributed by atoms with van der Waals surface area (Å²) in [7, 11) is 3.64. The van der Waals surface area contributed by atoms with Crippen molar-refractivity contribution in [2.24, 2.45) is 12.9 Å². The molecule has 1 aromatic rings. The van der Waals surface area contributed by atoms with Gasteiger partial charge in [0.25, 0.3) is 0 Å². The minimum atomic E-state index is -0.0126. The third-order valence-electron chi connectivity index (χ3n) is 3.58. The Balaban J connectivity index is 2.09. The maximum Gasteiger partial charge on any atom is 0.0767 e. The van der Waals surface area contributed by atoms with E-state index in [2.05, 4.69) is 15.7 Å². The van der Waals surface area contributed by atoms with Crippen molar-refractivity contribution in [3.63, 3.8) is 0 Å². The van der Waals surface area contributed by atoms with Crippen LogP contribution in [0.3, 0.4) is 0 Å². The van der Waals surface area contributed by atoms with Gasteiger partial charge in [-0.25, -0.2) is 0 Å². The lowest BCUT2D eigenvalue weighted by Gasteiger charge is -2.42. The van der Waals surface area contributed by atoms with Crippen LogP contribution in [0.2, 0.25) is 0 Å². The fraction of sp³-hybridized carbons (Fsp3) is 0.800. The summed E-state index contributed by atoms with van der Waals surface area (Å²) in [5, 5.41) is 7.78. The maximum atomic E-state index is 5.60. The number of aryl methyl sites for hydroxylation is 1. The SMILES string of the molecule is COC1(CC(NN)c2cnnn2C)CCC1. The first-order valence-corrected chi connectivity index (χ1v) is 5.57. The van der Waals surface area contributed by atoms with Crippen LogP contribution in [0.25, 0.3) is 0 Å². The van der Waals surface area contributed by atoms with E-state index >= 15 is 0 Å². The molecular formula is C10H19N5O. The van der Waals surface area contributed by atoms with E-state index in [9.17, 15) is 0 Å². The molecule has 6 nitrogen and oxygen atoms in total. The quantitative estimate of drug-likeness (QED) is 0.556. The summed E-state index contributed by atoms with van der Waals surface area (Å²) in [5.74, 6) is 5.60. The van der Waals surface area contributed by atoms with Crippen LogP contribution in [-0.2, 0) is 11.8 Å². The van der Waals surface area contributed by atoms with Crippen LogP contribution in [0.5, 0.6) is 0 Å². The molecule has 0 amide bonds. The summed E-state index contributed by atoms with van der Waals surface area (Å²) >= 11 is 0. The maximum absolute atomic E-state index is 5.60. The topological polar surface area (TPSA) is 78.0 Å². The van der Waals surface area contributed by atoms with Crippen molar-refractivity contribution >= 4 is 0 Å². The Morgan fingerprint density at radius 1 is 1.69 bits per heavy atom. The largest absolute Gasteiger partial charge is 0.378 e. The van der Waals surface area contributed by atoms with Gasteiger partial charge in [0.2, 0.25) is 0 Å². The fourth-order valence-electron chi connectivity index (χ4n) is 2.30. The van der Waals surface area contributed by atoms with Gasteiger partial charge in [0.1, 0.15) is 0 Å². The molecule has 3 N–H and O–H groups in total. The Kier molecular flexibility index (Phi) is 3.22. The number of aromatic nitrogens is 3. The van der Waals surface area contributed by atoms with Crippen LogP contribution in [-0.4, -0.2) is 27.7 Å². The molecule has 2 rings (SSSR count). The first kappa shape index (κ1) is 11.5. The second-order valence-electron chi connectivity index (χ2n) is 4.45. The number of hydrogen-bond acceptors (Lipinski definition) is 5. The van der Waals surface area contributed by atoms with E-state index in [1.165, 1.54) is 6.42 Å². The summed E-state index contributed by atoms with van der Waals surface area (Å²) in [6, 6.07) is 0.0419. The van der Waals surface area contributed by atoms with Crippen molar-refractivity contribution in [1.29, 1.82) is 0 Å². The second kappa shape index (κ2) is 4.48. The highest BCUT2D eigenvalue weighted by molar-refractivity contribution is 5.05. The van der Waals surface area contributed by atoms with Gasteiger partial charge in [0.05, 0.1) is 23.5 Å². The summed E-state index contributed by atoms with van der Waals surface area (Å²) < 4.78 is 7.34. The molecule has 1 unspecified atom stereocenters. The average Bonchev–Trinajstić information content (AvgIpc) is 2.65. The highest BCUT2D eigenvalue weighted by atomic mass is 16.5. The van der Waals surface area contributed by atoms with Gasteiger partial charge in [0, 0.05) is 14.2 Å². The smallest absolute Gasteiger partial charge is 0.0767 e. The number of nitrogens with one attached hydrogen (secondary N) is 1. The summed E-state index contributed by atoms with van der Waals surface area (Å²) in [4.78, 5) is 0. The van der Waals surface area contributed by atoms with Crippen LogP contribution in [0.1, 0.15) is 37.4 Å². The standard InChI is InChI=1S/C10H19N5O/c1-15-9(7-12-14-15)8(13-11)6-10(16-2)4-3-5-10/h7-8,13H,3-6,11H2,1-2H3. The van der Waals surface area contributed by atoms with Gasteiger partial charge < -0.3 is 4.74 Å². The molecule has 1 heterocycles. The molecule has 0 bridgehead atoms. The Bertz CT molecular complexity index is 341. The molecule has 0 saturated heterocycles. The van der Waals surface area contributed by atoms with Crippen molar-refractivity contribution in [1.82, 2.24) is 20.4 Å². The number of rotatable bonds is 5. The lowest BCUT2D eigenvalue weighted by molar-refractivity contribution is -0.0842. The minimum Gasteiger partial charge on any atom is -0.378 e. The third kappa shape index (κ3) is 1.95. The molecule has 0 aromatic carbocycles. The van der Waals surface area contributed by atoms with E-state index in [-0.39, 0.29) is 11.6 Å². The van der Waals surface area contributed by atoms with Gasteiger partial charge in [-0.15, -0.1) is 5.10 Å². The molecule has 1 saturated carbocycles. The molecule has 1 aromatic heterocycles. The lowest BCUT2D eigenvalue weighted by Crippen LogP contribution is -2.44. The summed E-state index contributed by atoms with van der Waals surface area (Å²) in [5.41, 5.74) is 3.80. The Hall–Kier alpha value is -0.980. The van der Waals surface area contributed by atoms with Crippen molar-refractivity contribution in [3.8, 4) is 0 Å². The molecule has 90 valence electrons. The zero-order chi connectivity index (χ0) is 11.6. The van der Waals surface area contributed by atoms with Gasteiger partial charge >= 0.3 is 0 Å². The van der Waals surface area contributed by atoms with Gasteiger partial charge in [-0.05, 0) is 25.7 Å². The van der Waals surface area contributed by atoms with Crippen molar-refractivity contribution in [2.75, 3.05) is 7.11 Å². The molecule has 1 fully saturated rings. The molecule has 1 atom stereocenters. The van der Waals surface area contributed by atoms with E-state index in [1.54, 1.807) is 18.0 Å². The lowest BCUT2D eigenvalue weighted by atomic mass is 9.75. The number of methoxy groups -OCH3 is 1. The van der Waals surface area contributed by atoms with Crippen LogP contribution in [0.4, 0.5) is 0 Å². The van der Waals surface area contributed by atoms with Gasteiger partial charge in [-0.2, -0.15) is 0 Å². The number of ether oxygens (including phenoxy) is 1. The summed E-state index contributed by atoms with van der Waals surface area (Å²) in [6.07, 6.45) is 6.04. The molecule has 0 aliphatic heterocycles. The Labute approximate surface area is 95.1 Å². The number of nitrogens with two attached hydrogens (primary N) is 1. The molecule has 0 spiro atoms. The van der Waals surface area contributed by atoms with Crippen molar-refractivity contribution in [3.05, 3.63) is 11.9 Å². The predicted molar refractivity (Wildman–Crippen MR) is 59.3 cm³/mol. The normalized spacial score (nSPS) is 20.4. The molecular weight excluding hydrogens is 206 g/mol. The molecule has 1 aliphatic rings. The molecule has 6 heteroatoms. The first-order valence-electron chi connectivity index (χ1n) is 5.57. The van der Waals surface area contributed by atoms with Crippen LogP contribution < -0.4 is 11.3 Å². The summed E-state index contributed by atoms with van der Waals surface area (Å²) in [6.45, 7) is 0. The minimum absolute atomic E-state index is 0.0126. The van der Waals surface area contributed by atoms with Crippen molar-refractivity contribution < 1.29 is 4.74 Å². The third-order valence-corrected chi connectivity index (χ3v) is 3.58. The van der Waals surface area contributed by atoms with Crippen molar-refractivity contribution in [2.45, 2.75) is 37.3 Å². The fourth-order valence-corrected chi connectivity index (χ4v) is 2.30. The van der Waals surface area contributed by atoms with Crippen LogP contribution in [0.15, 0.2) is 6.20 Å². The zero-order valence-electron chi connectivity index (χ0n) is 9.81. The monoisotopic (exact) mass is 225 g/mol. The Morgan fingerprint density at radius 2 is 2.44 bits per heavy atom. The van der Waals surface area contributed by atoms with Crippen LogP contribution in [0, 0.1) is 0 Å². The first-order chi connectivity index (χ1) is 7.71. The Morgan fingerprint density at radius 3 is 2.81 bits per heavy atom.